The molecule has 0 saturated carbocycles. The number of rotatable bonds is 0. The highest BCUT2D eigenvalue weighted by molar-refractivity contribution is 5.91. The van der Waals surface area contributed by atoms with Crippen LogP contribution in [-0.2, 0) is 19.1 Å². The van der Waals surface area contributed by atoms with E-state index in [-0.39, 0.29) is 24.5 Å². The Bertz CT molecular complexity index is 386. The largest absolute Gasteiger partial charge is 0.458 e. The third-order valence-electron chi connectivity index (χ3n) is 3.94. The SMILES string of the molecule is C[C@H]1OC(=O)[C@@]23CC=CC[C@@]12OC(=O)C3. The molecule has 0 N–H and O–H groups in total. The Labute approximate surface area is 87.2 Å². The molecule has 0 aromatic carbocycles. The van der Waals surface area contributed by atoms with Crippen molar-refractivity contribution in [2.45, 2.75) is 37.9 Å². The number of hydrogen-bond donors (Lipinski definition) is 0. The van der Waals surface area contributed by atoms with E-state index in [2.05, 4.69) is 0 Å². The van der Waals surface area contributed by atoms with Crippen molar-refractivity contribution in [3.05, 3.63) is 12.2 Å². The summed E-state index contributed by atoms with van der Waals surface area (Å²) in [5.74, 6) is -0.549. The molecule has 3 atom stereocenters. The summed E-state index contributed by atoms with van der Waals surface area (Å²) in [7, 11) is 0. The van der Waals surface area contributed by atoms with E-state index >= 15 is 0 Å². The van der Waals surface area contributed by atoms with Gasteiger partial charge in [-0.05, 0) is 13.3 Å². The zero-order valence-electron chi connectivity index (χ0n) is 8.49. The highest BCUT2D eigenvalue weighted by atomic mass is 16.6. The van der Waals surface area contributed by atoms with Crippen molar-refractivity contribution in [2.75, 3.05) is 0 Å². The predicted octanol–water partition coefficient (Wildman–Crippen LogP) is 0.954. The molecule has 0 aromatic heterocycles. The van der Waals surface area contributed by atoms with Gasteiger partial charge >= 0.3 is 11.9 Å². The molecule has 0 aromatic rings. The summed E-state index contributed by atoms with van der Waals surface area (Å²) < 4.78 is 10.7. The van der Waals surface area contributed by atoms with Gasteiger partial charge in [0.25, 0.3) is 0 Å². The van der Waals surface area contributed by atoms with E-state index < -0.39 is 11.0 Å². The monoisotopic (exact) mass is 208 g/mol. The Morgan fingerprint density at radius 3 is 2.80 bits per heavy atom. The lowest BCUT2D eigenvalue weighted by molar-refractivity contribution is -0.158. The predicted molar refractivity (Wildman–Crippen MR) is 49.8 cm³/mol. The highest BCUT2D eigenvalue weighted by Gasteiger charge is 2.73. The summed E-state index contributed by atoms with van der Waals surface area (Å²) >= 11 is 0. The number of hydrogen-bond acceptors (Lipinski definition) is 4. The van der Waals surface area contributed by atoms with Crippen LogP contribution in [0.2, 0.25) is 0 Å². The van der Waals surface area contributed by atoms with Crippen molar-refractivity contribution < 1.29 is 19.1 Å². The Morgan fingerprint density at radius 1 is 1.33 bits per heavy atom. The molecule has 2 heterocycles. The van der Waals surface area contributed by atoms with Crippen LogP contribution in [0, 0.1) is 5.41 Å². The molecule has 15 heavy (non-hydrogen) atoms. The maximum atomic E-state index is 11.9. The van der Waals surface area contributed by atoms with Gasteiger partial charge < -0.3 is 9.47 Å². The van der Waals surface area contributed by atoms with Crippen molar-refractivity contribution >= 4 is 11.9 Å². The van der Waals surface area contributed by atoms with Gasteiger partial charge in [-0.1, -0.05) is 12.2 Å². The summed E-state index contributed by atoms with van der Waals surface area (Å²) in [6, 6.07) is 0. The quantitative estimate of drug-likeness (QED) is 0.439. The Balaban J connectivity index is 2.19. The van der Waals surface area contributed by atoms with Gasteiger partial charge in [0, 0.05) is 6.42 Å². The van der Waals surface area contributed by atoms with Gasteiger partial charge in [0.05, 0.1) is 6.42 Å². The first kappa shape index (κ1) is 8.95. The minimum atomic E-state index is -0.738. The van der Waals surface area contributed by atoms with Crippen LogP contribution in [0.5, 0.6) is 0 Å². The van der Waals surface area contributed by atoms with Crippen molar-refractivity contribution in [3.8, 4) is 0 Å². The third-order valence-corrected chi connectivity index (χ3v) is 3.94. The molecule has 4 nitrogen and oxygen atoms in total. The molecule has 0 bridgehead atoms. The van der Waals surface area contributed by atoms with E-state index in [4.69, 9.17) is 9.47 Å². The topological polar surface area (TPSA) is 52.6 Å². The summed E-state index contributed by atoms with van der Waals surface area (Å²) in [6.45, 7) is 1.80. The van der Waals surface area contributed by atoms with Crippen LogP contribution in [0.4, 0.5) is 0 Å². The Morgan fingerprint density at radius 2 is 2.07 bits per heavy atom. The fraction of sp³-hybridized carbons (Fsp3) is 0.636. The molecule has 1 aliphatic carbocycles. The van der Waals surface area contributed by atoms with Crippen LogP contribution < -0.4 is 0 Å². The second-order valence-electron chi connectivity index (χ2n) is 4.55. The van der Waals surface area contributed by atoms with Gasteiger partial charge in [-0.25, -0.2) is 0 Å². The molecule has 80 valence electrons. The fourth-order valence-electron chi connectivity index (χ4n) is 3.09. The van der Waals surface area contributed by atoms with Gasteiger partial charge in [-0.3, -0.25) is 9.59 Å². The number of ether oxygens (including phenoxy) is 2. The molecule has 4 heteroatoms. The van der Waals surface area contributed by atoms with E-state index in [1.807, 2.05) is 12.2 Å². The van der Waals surface area contributed by atoms with Crippen LogP contribution in [0.15, 0.2) is 12.2 Å². The lowest BCUT2D eigenvalue weighted by Crippen LogP contribution is -2.49. The minimum absolute atomic E-state index is 0.167. The lowest BCUT2D eigenvalue weighted by atomic mass is 9.65. The summed E-state index contributed by atoms with van der Waals surface area (Å²) in [6.07, 6.45) is 4.89. The van der Waals surface area contributed by atoms with Crippen LogP contribution in [0.1, 0.15) is 26.2 Å². The first-order valence-corrected chi connectivity index (χ1v) is 5.19. The van der Waals surface area contributed by atoms with E-state index in [0.29, 0.717) is 12.8 Å². The number of carbonyl (C=O) groups excluding carboxylic acids is 2. The third kappa shape index (κ3) is 0.794. The smallest absolute Gasteiger partial charge is 0.317 e. The van der Waals surface area contributed by atoms with Gasteiger partial charge in [0.2, 0.25) is 0 Å². The summed E-state index contributed by atoms with van der Waals surface area (Å²) in [5.41, 5.74) is -1.46. The highest BCUT2D eigenvalue weighted by Crippen LogP contribution is 2.58. The van der Waals surface area contributed by atoms with E-state index in [1.54, 1.807) is 6.92 Å². The van der Waals surface area contributed by atoms with Gasteiger partial charge in [-0.2, -0.15) is 0 Å². The van der Waals surface area contributed by atoms with E-state index in [1.165, 1.54) is 0 Å². The average Bonchev–Trinajstić information content (AvgIpc) is 2.60. The zero-order chi connectivity index (χ0) is 10.7. The van der Waals surface area contributed by atoms with E-state index in [0.717, 1.165) is 0 Å². The first-order chi connectivity index (χ1) is 7.11. The lowest BCUT2D eigenvalue weighted by Gasteiger charge is -2.36. The second-order valence-corrected chi connectivity index (χ2v) is 4.55. The Kier molecular flexibility index (Phi) is 1.45. The molecule has 3 rings (SSSR count). The van der Waals surface area contributed by atoms with Crippen molar-refractivity contribution in [1.29, 1.82) is 0 Å². The van der Waals surface area contributed by atoms with Crippen molar-refractivity contribution in [2.24, 2.45) is 5.41 Å². The van der Waals surface area contributed by atoms with Crippen LogP contribution >= 0.6 is 0 Å². The maximum absolute atomic E-state index is 11.9. The molecule has 0 radical (unpaired) electrons. The maximum Gasteiger partial charge on any atom is 0.317 e. The van der Waals surface area contributed by atoms with Crippen LogP contribution in [0.25, 0.3) is 0 Å². The Hall–Kier alpha value is -1.32. The fourth-order valence-corrected chi connectivity index (χ4v) is 3.09. The molecule has 2 fully saturated rings. The average molecular weight is 208 g/mol. The second kappa shape index (κ2) is 2.43. The van der Waals surface area contributed by atoms with Gasteiger partial charge in [-0.15, -0.1) is 0 Å². The molecular weight excluding hydrogens is 196 g/mol. The molecule has 2 saturated heterocycles. The number of allylic oxidation sites excluding steroid dienone is 1. The number of cyclic esters (lactones) is 1. The van der Waals surface area contributed by atoms with Crippen LogP contribution in [-0.4, -0.2) is 23.6 Å². The van der Waals surface area contributed by atoms with Gasteiger partial charge in [0.15, 0.2) is 5.60 Å². The minimum Gasteiger partial charge on any atom is -0.458 e. The number of carbonyl (C=O) groups is 2. The molecule has 0 spiro atoms. The van der Waals surface area contributed by atoms with Crippen molar-refractivity contribution in [3.63, 3.8) is 0 Å². The molecule has 0 amide bonds. The summed E-state index contributed by atoms with van der Waals surface area (Å²) in [4.78, 5) is 23.3. The number of esters is 2. The van der Waals surface area contributed by atoms with Crippen LogP contribution in [0.3, 0.4) is 0 Å². The normalized spacial score (nSPS) is 47.1. The molecule has 0 unspecified atom stereocenters. The molecule has 2 aliphatic heterocycles. The zero-order valence-corrected chi connectivity index (χ0v) is 8.49. The van der Waals surface area contributed by atoms with Crippen molar-refractivity contribution in [1.82, 2.24) is 0 Å². The van der Waals surface area contributed by atoms with Gasteiger partial charge in [0.1, 0.15) is 11.5 Å². The molecular formula is C11H12O4. The molecule has 3 aliphatic rings. The van der Waals surface area contributed by atoms with E-state index in [9.17, 15) is 9.59 Å². The standard InChI is InChI=1S/C11H12O4/c1-7-11-5-3-2-4-10(11,9(13)14-7)6-8(12)15-11/h2-3,7H,4-6H2,1H3/t7-,10+,11-/m1/s1. The first-order valence-electron chi connectivity index (χ1n) is 5.19. The summed E-state index contributed by atoms with van der Waals surface area (Å²) in [5, 5.41) is 0.